The number of sulfonamides is 1. The van der Waals surface area contributed by atoms with E-state index in [1.807, 2.05) is 41.8 Å². The predicted octanol–water partition coefficient (Wildman–Crippen LogP) is 3.91. The Morgan fingerprint density at radius 3 is 2.51 bits per heavy atom. The van der Waals surface area contributed by atoms with Gasteiger partial charge in [-0.2, -0.15) is 0 Å². The molecule has 1 aliphatic rings. The number of hydrogen-bond acceptors (Lipinski definition) is 5. The van der Waals surface area contributed by atoms with E-state index in [0.29, 0.717) is 36.5 Å². The number of carbonyl (C=O) groups excluding carboxylic acids is 2. The molecular formula is C25H28ClN3O4S2. The standard InChI is InChI=1S/C25H28ClN3O4S2/c1-25(12-15-29(25)23(30)21-17-34-22-6-3-2-5-20(21)22)24(31)28(13-4-16-35(27,32)33)14-11-18-7-9-19(26)10-8-18/h2-3,5-10,17H,4,11-16H2,1H3,(H2,27,32,33). The fourth-order valence-electron chi connectivity index (χ4n) is 4.42. The highest BCUT2D eigenvalue weighted by molar-refractivity contribution is 7.89. The maximum atomic E-state index is 13.8. The number of fused-ring (bicyclic) bond motifs is 1. The number of benzene rings is 2. The van der Waals surface area contributed by atoms with E-state index >= 15 is 0 Å². The minimum atomic E-state index is -3.64. The molecule has 0 saturated carbocycles. The number of thiophene rings is 1. The maximum absolute atomic E-state index is 13.8. The number of nitrogens with zero attached hydrogens (tertiary/aromatic N) is 2. The molecule has 1 fully saturated rings. The molecule has 35 heavy (non-hydrogen) atoms. The molecule has 2 aromatic carbocycles. The third-order valence-electron chi connectivity index (χ3n) is 6.56. The van der Waals surface area contributed by atoms with Crippen molar-refractivity contribution in [3.63, 3.8) is 0 Å². The van der Waals surface area contributed by atoms with Crippen molar-refractivity contribution in [2.75, 3.05) is 25.4 Å². The monoisotopic (exact) mass is 533 g/mol. The summed E-state index contributed by atoms with van der Waals surface area (Å²) in [4.78, 5) is 30.5. The van der Waals surface area contributed by atoms with E-state index in [-0.39, 0.29) is 30.5 Å². The summed E-state index contributed by atoms with van der Waals surface area (Å²) >= 11 is 7.48. The molecule has 1 saturated heterocycles. The number of carbonyl (C=O) groups is 2. The van der Waals surface area contributed by atoms with Crippen LogP contribution in [0.15, 0.2) is 53.9 Å². The number of halogens is 1. The van der Waals surface area contributed by atoms with E-state index in [1.165, 1.54) is 11.3 Å². The Kier molecular flexibility index (Phi) is 7.51. The summed E-state index contributed by atoms with van der Waals surface area (Å²) in [5, 5.41) is 8.53. The van der Waals surface area contributed by atoms with E-state index < -0.39 is 15.6 Å². The second kappa shape index (κ2) is 10.3. The average molecular weight is 534 g/mol. The van der Waals surface area contributed by atoms with Gasteiger partial charge in [0.25, 0.3) is 5.91 Å². The molecule has 2 amide bonds. The summed E-state index contributed by atoms with van der Waals surface area (Å²) in [7, 11) is -3.64. The number of nitrogens with two attached hydrogens (primary N) is 1. The van der Waals surface area contributed by atoms with Gasteiger partial charge in [-0.3, -0.25) is 9.59 Å². The van der Waals surface area contributed by atoms with Crippen LogP contribution in [0.5, 0.6) is 0 Å². The number of primary sulfonamides is 1. The lowest BCUT2D eigenvalue weighted by molar-refractivity contribution is -0.149. The van der Waals surface area contributed by atoms with Crippen LogP contribution in [0.2, 0.25) is 5.02 Å². The van der Waals surface area contributed by atoms with Crippen molar-refractivity contribution in [2.45, 2.75) is 31.7 Å². The van der Waals surface area contributed by atoms with Crippen LogP contribution in [0.25, 0.3) is 10.1 Å². The third-order valence-corrected chi connectivity index (χ3v) is 8.64. The predicted molar refractivity (Wildman–Crippen MR) is 140 cm³/mol. The van der Waals surface area contributed by atoms with Gasteiger partial charge in [-0.1, -0.05) is 41.9 Å². The molecule has 2 heterocycles. The minimum absolute atomic E-state index is 0.160. The van der Waals surface area contributed by atoms with Crippen molar-refractivity contribution >= 4 is 54.9 Å². The molecule has 1 aromatic heterocycles. The zero-order valence-corrected chi connectivity index (χ0v) is 21.8. The van der Waals surface area contributed by atoms with Crippen LogP contribution in [-0.2, 0) is 21.2 Å². The molecule has 2 N–H and O–H groups in total. The quantitative estimate of drug-likeness (QED) is 0.450. The molecule has 1 aliphatic heterocycles. The summed E-state index contributed by atoms with van der Waals surface area (Å²) in [6.07, 6.45) is 1.36. The van der Waals surface area contributed by atoms with E-state index in [2.05, 4.69) is 0 Å². The summed E-state index contributed by atoms with van der Waals surface area (Å²) in [6.45, 7) is 2.92. The summed E-state index contributed by atoms with van der Waals surface area (Å²) in [5.41, 5.74) is 0.628. The van der Waals surface area contributed by atoms with Crippen molar-refractivity contribution in [3.8, 4) is 0 Å². The first-order valence-electron chi connectivity index (χ1n) is 11.4. The van der Waals surface area contributed by atoms with Crippen LogP contribution in [0.4, 0.5) is 0 Å². The van der Waals surface area contributed by atoms with Gasteiger partial charge in [0.2, 0.25) is 15.9 Å². The molecule has 10 heteroatoms. The Labute approximate surface area is 214 Å². The highest BCUT2D eigenvalue weighted by atomic mass is 35.5. The lowest BCUT2D eigenvalue weighted by Crippen LogP contribution is -2.68. The Morgan fingerprint density at radius 1 is 1.14 bits per heavy atom. The van der Waals surface area contributed by atoms with Crippen LogP contribution >= 0.6 is 22.9 Å². The van der Waals surface area contributed by atoms with Gasteiger partial charge in [-0.25, -0.2) is 13.6 Å². The Bertz CT molecular complexity index is 1340. The van der Waals surface area contributed by atoms with E-state index in [9.17, 15) is 18.0 Å². The Hall–Kier alpha value is -2.46. The largest absolute Gasteiger partial charge is 0.340 e. The molecule has 0 aliphatic carbocycles. The van der Waals surface area contributed by atoms with E-state index in [0.717, 1.165) is 15.6 Å². The number of likely N-dealkylation sites (tertiary alicyclic amines) is 1. The summed E-state index contributed by atoms with van der Waals surface area (Å²) < 4.78 is 23.9. The zero-order chi connectivity index (χ0) is 25.2. The average Bonchev–Trinajstić information content (AvgIpc) is 3.24. The number of rotatable bonds is 9. The zero-order valence-electron chi connectivity index (χ0n) is 19.4. The second-order valence-electron chi connectivity index (χ2n) is 9.02. The molecule has 7 nitrogen and oxygen atoms in total. The van der Waals surface area contributed by atoms with Gasteiger partial charge in [0, 0.05) is 40.1 Å². The normalized spacial score (nSPS) is 17.9. The molecule has 0 spiro atoms. The van der Waals surface area contributed by atoms with Crippen molar-refractivity contribution in [1.29, 1.82) is 0 Å². The highest BCUT2D eigenvalue weighted by Gasteiger charge is 2.51. The molecule has 4 rings (SSSR count). The lowest BCUT2D eigenvalue weighted by Gasteiger charge is -2.51. The second-order valence-corrected chi connectivity index (χ2v) is 12.1. The molecular weight excluding hydrogens is 506 g/mol. The first kappa shape index (κ1) is 25.6. The van der Waals surface area contributed by atoms with E-state index in [4.69, 9.17) is 16.7 Å². The van der Waals surface area contributed by atoms with Crippen molar-refractivity contribution in [3.05, 3.63) is 70.1 Å². The fraction of sp³-hybridized carbons (Fsp3) is 0.360. The topological polar surface area (TPSA) is 101 Å². The number of amides is 2. The van der Waals surface area contributed by atoms with Gasteiger partial charge in [0.05, 0.1) is 11.3 Å². The summed E-state index contributed by atoms with van der Waals surface area (Å²) in [6, 6.07) is 15.1. The molecule has 3 aromatic rings. The van der Waals surface area contributed by atoms with Gasteiger partial charge >= 0.3 is 0 Å². The van der Waals surface area contributed by atoms with Crippen LogP contribution in [0.3, 0.4) is 0 Å². The number of hydrogen-bond donors (Lipinski definition) is 1. The van der Waals surface area contributed by atoms with Crippen molar-refractivity contribution in [2.24, 2.45) is 5.14 Å². The summed E-state index contributed by atoms with van der Waals surface area (Å²) in [5.74, 6) is -0.551. The van der Waals surface area contributed by atoms with Gasteiger partial charge in [0.15, 0.2) is 0 Å². The Balaban J connectivity index is 1.52. The fourth-order valence-corrected chi connectivity index (χ4v) is 6.02. The molecule has 1 atom stereocenters. The maximum Gasteiger partial charge on any atom is 0.256 e. The molecule has 0 bridgehead atoms. The van der Waals surface area contributed by atoms with Gasteiger partial charge in [-0.15, -0.1) is 11.3 Å². The van der Waals surface area contributed by atoms with Crippen LogP contribution < -0.4 is 5.14 Å². The lowest BCUT2D eigenvalue weighted by atomic mass is 9.84. The first-order chi connectivity index (χ1) is 16.6. The molecule has 186 valence electrons. The van der Waals surface area contributed by atoms with Crippen LogP contribution in [0, 0.1) is 0 Å². The SMILES string of the molecule is CC1(C(=O)N(CCCS(N)(=O)=O)CCc2ccc(Cl)cc2)CCN1C(=O)c1csc2ccccc12. The first-order valence-corrected chi connectivity index (χ1v) is 14.4. The van der Waals surface area contributed by atoms with E-state index in [1.54, 1.807) is 28.9 Å². The van der Waals surface area contributed by atoms with Crippen LogP contribution in [0.1, 0.15) is 35.7 Å². The van der Waals surface area contributed by atoms with Gasteiger partial charge in [0.1, 0.15) is 5.54 Å². The van der Waals surface area contributed by atoms with Crippen LogP contribution in [-0.4, -0.2) is 61.0 Å². The highest BCUT2D eigenvalue weighted by Crippen LogP contribution is 2.36. The van der Waals surface area contributed by atoms with Crippen molar-refractivity contribution < 1.29 is 18.0 Å². The third kappa shape index (κ3) is 5.69. The van der Waals surface area contributed by atoms with Crippen molar-refractivity contribution in [1.82, 2.24) is 9.80 Å². The van der Waals surface area contributed by atoms with Gasteiger partial charge < -0.3 is 9.80 Å². The molecule has 0 radical (unpaired) electrons. The molecule has 1 unspecified atom stereocenters. The van der Waals surface area contributed by atoms with Gasteiger partial charge in [-0.05, 0) is 49.9 Å². The Morgan fingerprint density at radius 2 is 1.86 bits per heavy atom. The smallest absolute Gasteiger partial charge is 0.256 e. The minimum Gasteiger partial charge on any atom is -0.340 e.